The minimum absolute atomic E-state index is 0.0613. The van der Waals surface area contributed by atoms with Gasteiger partial charge in [0.2, 0.25) is 5.91 Å². The molecule has 0 saturated carbocycles. The van der Waals surface area contributed by atoms with Gasteiger partial charge in [-0.3, -0.25) is 14.4 Å². The molecule has 1 aromatic carbocycles. The fraction of sp³-hybridized carbons (Fsp3) is 0.500. The van der Waals surface area contributed by atoms with E-state index in [0.29, 0.717) is 0 Å². The second kappa shape index (κ2) is 7.40. The number of hydrogen-bond donors (Lipinski definition) is 1. The van der Waals surface area contributed by atoms with E-state index in [0.717, 1.165) is 56.8 Å². The van der Waals surface area contributed by atoms with E-state index in [1.54, 1.807) is 0 Å². The fourth-order valence-corrected chi connectivity index (χ4v) is 3.96. The van der Waals surface area contributed by atoms with Crippen LogP contribution in [0.25, 0.3) is 0 Å². The van der Waals surface area contributed by atoms with Crippen molar-refractivity contribution in [2.24, 2.45) is 5.92 Å². The van der Waals surface area contributed by atoms with Crippen LogP contribution in [-0.2, 0) is 24.3 Å². The smallest absolute Gasteiger partial charge is 0.228 e. The number of hydrogen-bond acceptors (Lipinski definition) is 3. The molecule has 3 heterocycles. The Hall–Kier alpha value is -2.14. The van der Waals surface area contributed by atoms with Gasteiger partial charge >= 0.3 is 0 Å². The lowest BCUT2D eigenvalue weighted by atomic mass is 9.97. The summed E-state index contributed by atoms with van der Waals surface area (Å²) in [5.74, 6) is 0.200. The van der Waals surface area contributed by atoms with Gasteiger partial charge in [-0.2, -0.15) is 5.10 Å². The van der Waals surface area contributed by atoms with Gasteiger partial charge < -0.3 is 5.32 Å². The minimum atomic E-state index is 0.0613. The number of para-hydroxylation sites is 1. The van der Waals surface area contributed by atoms with Crippen LogP contribution in [0.15, 0.2) is 36.4 Å². The summed E-state index contributed by atoms with van der Waals surface area (Å²) in [6.07, 6.45) is 5.69. The minimum Gasteiger partial charge on any atom is -0.326 e. The summed E-state index contributed by atoms with van der Waals surface area (Å²) in [4.78, 5) is 14.9. The molecular formula is C20H26N4O. The van der Waals surface area contributed by atoms with Gasteiger partial charge in [0.15, 0.2) is 0 Å². The number of aromatic nitrogens is 2. The molecular weight excluding hydrogens is 312 g/mol. The van der Waals surface area contributed by atoms with E-state index in [2.05, 4.69) is 21.0 Å². The summed E-state index contributed by atoms with van der Waals surface area (Å²) in [5.41, 5.74) is 3.41. The molecule has 1 unspecified atom stereocenters. The van der Waals surface area contributed by atoms with Crippen molar-refractivity contribution >= 4 is 11.6 Å². The first-order valence-electron chi connectivity index (χ1n) is 9.42. The molecule has 4 rings (SSSR count). The monoisotopic (exact) mass is 338 g/mol. The van der Waals surface area contributed by atoms with Gasteiger partial charge in [-0.1, -0.05) is 18.2 Å². The predicted octanol–water partition coefficient (Wildman–Crippen LogP) is 3.07. The van der Waals surface area contributed by atoms with Crippen LogP contribution in [0.1, 0.15) is 37.1 Å². The number of carbonyl (C=O) groups excluding carboxylic acids is 1. The molecule has 2 aliphatic heterocycles. The Labute approximate surface area is 149 Å². The van der Waals surface area contributed by atoms with Crippen molar-refractivity contribution < 1.29 is 4.79 Å². The number of rotatable bonds is 4. The molecule has 25 heavy (non-hydrogen) atoms. The summed E-state index contributed by atoms with van der Waals surface area (Å²) in [6, 6.07) is 12.0. The second-order valence-electron chi connectivity index (χ2n) is 7.24. The molecule has 5 heteroatoms. The molecule has 1 atom stereocenters. The van der Waals surface area contributed by atoms with Crippen LogP contribution in [0, 0.1) is 5.92 Å². The molecule has 0 spiro atoms. The van der Waals surface area contributed by atoms with Gasteiger partial charge in [0.05, 0.1) is 11.6 Å². The third kappa shape index (κ3) is 3.93. The molecule has 132 valence electrons. The number of nitrogens with zero attached hydrogens (tertiary/aromatic N) is 3. The Balaban J connectivity index is 1.36. The number of likely N-dealkylation sites (tertiary alicyclic amines) is 1. The van der Waals surface area contributed by atoms with Crippen LogP contribution in [0.3, 0.4) is 0 Å². The van der Waals surface area contributed by atoms with Gasteiger partial charge in [0.1, 0.15) is 0 Å². The molecule has 1 aromatic heterocycles. The largest absolute Gasteiger partial charge is 0.326 e. The van der Waals surface area contributed by atoms with Crippen LogP contribution in [0.4, 0.5) is 5.69 Å². The highest BCUT2D eigenvalue weighted by Gasteiger charge is 2.26. The third-order valence-corrected chi connectivity index (χ3v) is 5.27. The summed E-state index contributed by atoms with van der Waals surface area (Å²) < 4.78 is 2.17. The second-order valence-corrected chi connectivity index (χ2v) is 7.24. The Kier molecular flexibility index (Phi) is 4.83. The summed E-state index contributed by atoms with van der Waals surface area (Å²) in [5, 5.41) is 7.81. The zero-order valence-electron chi connectivity index (χ0n) is 14.7. The first-order chi connectivity index (χ1) is 12.3. The Morgan fingerprint density at radius 2 is 2.04 bits per heavy atom. The highest BCUT2D eigenvalue weighted by atomic mass is 16.1. The summed E-state index contributed by atoms with van der Waals surface area (Å²) in [6.45, 7) is 3.78. The maximum absolute atomic E-state index is 12.6. The van der Waals surface area contributed by atoms with E-state index >= 15 is 0 Å². The Morgan fingerprint density at radius 3 is 2.88 bits per heavy atom. The van der Waals surface area contributed by atoms with Crippen LogP contribution in [0.2, 0.25) is 0 Å². The van der Waals surface area contributed by atoms with Crippen LogP contribution < -0.4 is 5.32 Å². The molecule has 2 aliphatic rings. The van der Waals surface area contributed by atoms with Crippen molar-refractivity contribution in [1.29, 1.82) is 0 Å². The molecule has 1 N–H and O–H groups in total. The van der Waals surface area contributed by atoms with E-state index in [1.165, 1.54) is 18.5 Å². The van der Waals surface area contributed by atoms with Gasteiger partial charge in [-0.25, -0.2) is 0 Å². The number of aryl methyl sites for hydroxylation is 2. The standard InChI is InChI=1S/C20H26N4O/c25-20(21-17-8-2-1-3-9-17)16-7-6-11-23(14-16)15-18-13-19-10-4-5-12-24(19)22-18/h1-3,8-9,13,16H,4-7,10-12,14-15H2,(H,21,25). The van der Waals surface area contributed by atoms with E-state index < -0.39 is 0 Å². The van der Waals surface area contributed by atoms with Crippen LogP contribution >= 0.6 is 0 Å². The van der Waals surface area contributed by atoms with E-state index in [-0.39, 0.29) is 11.8 Å². The predicted molar refractivity (Wildman–Crippen MR) is 98.2 cm³/mol. The number of carbonyl (C=O) groups is 1. The first-order valence-corrected chi connectivity index (χ1v) is 9.42. The Bertz CT molecular complexity index is 701. The number of piperidine rings is 1. The summed E-state index contributed by atoms with van der Waals surface area (Å²) in [7, 11) is 0. The number of benzene rings is 1. The fourth-order valence-electron chi connectivity index (χ4n) is 3.96. The molecule has 1 fully saturated rings. The average Bonchev–Trinajstić information content (AvgIpc) is 3.05. The van der Waals surface area contributed by atoms with Crippen LogP contribution in [-0.4, -0.2) is 33.7 Å². The molecule has 2 aromatic rings. The molecule has 5 nitrogen and oxygen atoms in total. The quantitative estimate of drug-likeness (QED) is 0.932. The summed E-state index contributed by atoms with van der Waals surface area (Å²) >= 11 is 0. The maximum atomic E-state index is 12.6. The van der Waals surface area contributed by atoms with E-state index in [1.807, 2.05) is 30.3 Å². The van der Waals surface area contributed by atoms with Gasteiger partial charge in [-0.05, 0) is 56.8 Å². The van der Waals surface area contributed by atoms with Crippen molar-refractivity contribution in [3.63, 3.8) is 0 Å². The molecule has 0 radical (unpaired) electrons. The number of fused-ring (bicyclic) bond motifs is 1. The van der Waals surface area contributed by atoms with Crippen molar-refractivity contribution in [2.75, 3.05) is 18.4 Å². The highest BCUT2D eigenvalue weighted by molar-refractivity contribution is 5.92. The lowest BCUT2D eigenvalue weighted by Crippen LogP contribution is -2.40. The van der Waals surface area contributed by atoms with Crippen molar-refractivity contribution in [3.8, 4) is 0 Å². The van der Waals surface area contributed by atoms with Crippen LogP contribution in [0.5, 0.6) is 0 Å². The van der Waals surface area contributed by atoms with E-state index in [9.17, 15) is 4.79 Å². The maximum Gasteiger partial charge on any atom is 0.228 e. The zero-order chi connectivity index (χ0) is 17.1. The van der Waals surface area contributed by atoms with Crippen molar-refractivity contribution in [1.82, 2.24) is 14.7 Å². The van der Waals surface area contributed by atoms with Gasteiger partial charge in [0, 0.05) is 31.0 Å². The van der Waals surface area contributed by atoms with Crippen molar-refractivity contribution in [2.45, 2.75) is 45.2 Å². The van der Waals surface area contributed by atoms with Gasteiger partial charge in [0.25, 0.3) is 0 Å². The first kappa shape index (κ1) is 16.3. The zero-order valence-corrected chi connectivity index (χ0v) is 14.7. The number of amides is 1. The SMILES string of the molecule is O=C(Nc1ccccc1)C1CCCN(Cc2cc3n(n2)CCCC3)C1. The van der Waals surface area contributed by atoms with E-state index in [4.69, 9.17) is 5.10 Å². The normalized spacial score (nSPS) is 20.9. The average molecular weight is 338 g/mol. The lowest BCUT2D eigenvalue weighted by molar-refractivity contribution is -0.121. The Morgan fingerprint density at radius 1 is 1.16 bits per heavy atom. The topological polar surface area (TPSA) is 50.2 Å². The number of nitrogens with one attached hydrogen (secondary N) is 1. The molecule has 0 bridgehead atoms. The van der Waals surface area contributed by atoms with Crippen molar-refractivity contribution in [3.05, 3.63) is 47.8 Å². The number of anilines is 1. The molecule has 0 aliphatic carbocycles. The third-order valence-electron chi connectivity index (χ3n) is 5.27. The molecule has 1 saturated heterocycles. The lowest BCUT2D eigenvalue weighted by Gasteiger charge is -2.31. The molecule has 1 amide bonds. The highest BCUT2D eigenvalue weighted by Crippen LogP contribution is 2.22. The van der Waals surface area contributed by atoms with Gasteiger partial charge in [-0.15, -0.1) is 0 Å².